The molecule has 0 radical (unpaired) electrons. The molecule has 0 saturated carbocycles. The van der Waals surface area contributed by atoms with Gasteiger partial charge in [-0.3, -0.25) is 19.3 Å². The fourth-order valence-electron chi connectivity index (χ4n) is 2.30. The number of aliphatic carboxylic acids is 1. The Bertz CT molecular complexity index is 566. The molecule has 130 valence electrons. The van der Waals surface area contributed by atoms with Crippen LogP contribution in [-0.2, 0) is 25.6 Å². The molecule has 0 saturated heterocycles. The predicted molar refractivity (Wildman–Crippen MR) is 86.9 cm³/mol. The van der Waals surface area contributed by atoms with E-state index in [0.29, 0.717) is 0 Å². The van der Waals surface area contributed by atoms with Crippen molar-refractivity contribution in [3.05, 3.63) is 35.9 Å². The van der Waals surface area contributed by atoms with Crippen LogP contribution in [0.2, 0.25) is 0 Å². The molecule has 0 unspecified atom stereocenters. The van der Waals surface area contributed by atoms with Crippen molar-refractivity contribution < 1.29 is 24.3 Å². The Hall–Kier alpha value is -2.70. The molecule has 0 aromatic heterocycles. The van der Waals surface area contributed by atoms with Gasteiger partial charge in [0.25, 0.3) is 0 Å². The highest BCUT2D eigenvalue weighted by Crippen LogP contribution is 2.11. The number of imide groups is 1. The van der Waals surface area contributed by atoms with E-state index in [1.54, 1.807) is 24.3 Å². The summed E-state index contributed by atoms with van der Waals surface area (Å²) in [4.78, 5) is 46.5. The molecule has 7 nitrogen and oxygen atoms in total. The highest BCUT2D eigenvalue weighted by molar-refractivity contribution is 5.90. The molecule has 0 aliphatic carbocycles. The van der Waals surface area contributed by atoms with Crippen molar-refractivity contribution in [1.82, 2.24) is 10.2 Å². The summed E-state index contributed by atoms with van der Waals surface area (Å²) < 4.78 is 0. The van der Waals surface area contributed by atoms with Gasteiger partial charge in [0.05, 0.1) is 0 Å². The average Bonchev–Trinajstić information content (AvgIpc) is 2.54. The number of benzene rings is 1. The number of nitrogens with zero attached hydrogens (tertiary/aromatic N) is 1. The number of carboxylic acids is 1. The molecule has 0 aliphatic heterocycles. The van der Waals surface area contributed by atoms with Gasteiger partial charge in [-0.2, -0.15) is 0 Å². The Morgan fingerprint density at radius 1 is 1.17 bits per heavy atom. The summed E-state index contributed by atoms with van der Waals surface area (Å²) in [7, 11) is 0. The Morgan fingerprint density at radius 3 is 2.21 bits per heavy atom. The van der Waals surface area contributed by atoms with Gasteiger partial charge in [0.1, 0.15) is 12.1 Å². The minimum Gasteiger partial charge on any atom is -0.480 e. The number of carbonyl (C=O) groups excluding carboxylic acids is 3. The number of carbonyl (C=O) groups is 4. The van der Waals surface area contributed by atoms with E-state index >= 15 is 0 Å². The Morgan fingerprint density at radius 2 is 1.75 bits per heavy atom. The van der Waals surface area contributed by atoms with Crippen molar-refractivity contribution in [3.63, 3.8) is 0 Å². The predicted octanol–water partition coefficient (Wildman–Crippen LogP) is 0.828. The van der Waals surface area contributed by atoms with Gasteiger partial charge in [-0.05, 0) is 17.9 Å². The van der Waals surface area contributed by atoms with Crippen molar-refractivity contribution in [1.29, 1.82) is 0 Å². The first-order valence-electron chi connectivity index (χ1n) is 7.64. The van der Waals surface area contributed by atoms with Gasteiger partial charge in [0.15, 0.2) is 0 Å². The van der Waals surface area contributed by atoms with Gasteiger partial charge >= 0.3 is 5.97 Å². The fraction of sp³-hybridized carbons (Fsp3) is 0.412. The maximum Gasteiger partial charge on any atom is 0.326 e. The lowest BCUT2D eigenvalue weighted by Gasteiger charge is -2.25. The standard InChI is InChI=1S/C17H22N2O5/c1-12(2)8-15(19(10-20)11-21)16(22)18-14(17(23)24)9-13-6-4-3-5-7-13/h3-7,10-12,14-15H,8-9H2,1-2H3,(H,18,22)(H,23,24)/t14-,15-/m0/s1. The third-order valence-corrected chi connectivity index (χ3v) is 3.50. The molecule has 3 amide bonds. The van der Waals surface area contributed by atoms with E-state index in [-0.39, 0.29) is 31.6 Å². The van der Waals surface area contributed by atoms with E-state index < -0.39 is 24.0 Å². The second kappa shape index (κ2) is 9.44. The Balaban J connectivity index is 2.89. The zero-order valence-corrected chi connectivity index (χ0v) is 13.7. The molecule has 2 N–H and O–H groups in total. The molecular formula is C17H22N2O5. The van der Waals surface area contributed by atoms with Crippen LogP contribution in [0.5, 0.6) is 0 Å². The van der Waals surface area contributed by atoms with Crippen LogP contribution in [0.3, 0.4) is 0 Å². The molecule has 0 spiro atoms. The van der Waals surface area contributed by atoms with Gasteiger partial charge in [0.2, 0.25) is 18.7 Å². The molecule has 1 rings (SSSR count). The molecule has 24 heavy (non-hydrogen) atoms. The average molecular weight is 334 g/mol. The minimum atomic E-state index is -1.18. The summed E-state index contributed by atoms with van der Waals surface area (Å²) in [5, 5.41) is 11.8. The molecule has 0 aliphatic rings. The molecular weight excluding hydrogens is 312 g/mol. The van der Waals surface area contributed by atoms with Crippen LogP contribution in [-0.4, -0.2) is 46.8 Å². The largest absolute Gasteiger partial charge is 0.480 e. The highest BCUT2D eigenvalue weighted by atomic mass is 16.4. The SMILES string of the molecule is CC(C)C[C@@H](C(=O)N[C@@H](Cc1ccccc1)C(=O)O)N(C=O)C=O. The summed E-state index contributed by atoms with van der Waals surface area (Å²) in [6.45, 7) is 3.68. The second-order valence-electron chi connectivity index (χ2n) is 5.89. The van der Waals surface area contributed by atoms with Crippen molar-refractivity contribution in [2.45, 2.75) is 38.8 Å². The molecule has 1 aromatic rings. The van der Waals surface area contributed by atoms with Gasteiger partial charge in [-0.1, -0.05) is 44.2 Å². The van der Waals surface area contributed by atoms with Crippen molar-refractivity contribution in [2.75, 3.05) is 0 Å². The normalized spacial score (nSPS) is 13.0. The lowest BCUT2D eigenvalue weighted by Crippen LogP contribution is -2.52. The minimum absolute atomic E-state index is 0.0422. The number of hydrogen-bond donors (Lipinski definition) is 2. The maximum absolute atomic E-state index is 12.4. The second-order valence-corrected chi connectivity index (χ2v) is 5.89. The summed E-state index contributed by atoms with van der Waals surface area (Å²) in [5.41, 5.74) is 0.758. The quantitative estimate of drug-likeness (QED) is 0.617. The third kappa shape index (κ3) is 5.83. The molecule has 0 bridgehead atoms. The first-order chi connectivity index (χ1) is 11.4. The van der Waals surface area contributed by atoms with Crippen molar-refractivity contribution in [2.24, 2.45) is 5.92 Å². The monoisotopic (exact) mass is 334 g/mol. The molecule has 7 heteroatoms. The lowest BCUT2D eigenvalue weighted by atomic mass is 10.0. The summed E-state index contributed by atoms with van der Waals surface area (Å²) in [5.74, 6) is -1.80. The summed E-state index contributed by atoms with van der Waals surface area (Å²) in [6.07, 6.45) is 0.901. The number of rotatable bonds is 10. The van der Waals surface area contributed by atoms with Crippen LogP contribution < -0.4 is 5.32 Å². The smallest absolute Gasteiger partial charge is 0.326 e. The number of amides is 3. The van der Waals surface area contributed by atoms with Gasteiger partial charge in [0, 0.05) is 6.42 Å². The van der Waals surface area contributed by atoms with Crippen LogP contribution in [0.4, 0.5) is 0 Å². The van der Waals surface area contributed by atoms with Crippen LogP contribution in [0.15, 0.2) is 30.3 Å². The lowest BCUT2D eigenvalue weighted by molar-refractivity contribution is -0.144. The molecule has 0 heterocycles. The first-order valence-corrected chi connectivity index (χ1v) is 7.64. The Kier molecular flexibility index (Phi) is 7.61. The van der Waals surface area contributed by atoms with Gasteiger partial charge in [-0.25, -0.2) is 4.79 Å². The maximum atomic E-state index is 12.4. The van der Waals surface area contributed by atoms with Gasteiger partial charge in [-0.15, -0.1) is 0 Å². The number of hydrogen-bond acceptors (Lipinski definition) is 4. The molecule has 1 aromatic carbocycles. The van der Waals surface area contributed by atoms with Gasteiger partial charge < -0.3 is 10.4 Å². The third-order valence-electron chi connectivity index (χ3n) is 3.50. The van der Waals surface area contributed by atoms with Crippen LogP contribution in [0.1, 0.15) is 25.8 Å². The van der Waals surface area contributed by atoms with Crippen molar-refractivity contribution >= 4 is 24.7 Å². The fourth-order valence-corrected chi connectivity index (χ4v) is 2.30. The van der Waals surface area contributed by atoms with Crippen molar-refractivity contribution in [3.8, 4) is 0 Å². The van der Waals surface area contributed by atoms with E-state index in [1.165, 1.54) is 0 Å². The topological polar surface area (TPSA) is 104 Å². The first kappa shape index (κ1) is 19.3. The molecule has 2 atom stereocenters. The summed E-state index contributed by atoms with van der Waals surface area (Å²) in [6, 6.07) is 6.71. The zero-order chi connectivity index (χ0) is 18.1. The van der Waals surface area contributed by atoms with Crippen LogP contribution in [0.25, 0.3) is 0 Å². The van der Waals surface area contributed by atoms with E-state index in [2.05, 4.69) is 5.32 Å². The van der Waals surface area contributed by atoms with Crippen LogP contribution in [0, 0.1) is 5.92 Å². The summed E-state index contributed by atoms with van der Waals surface area (Å²) >= 11 is 0. The van der Waals surface area contributed by atoms with E-state index in [1.807, 2.05) is 19.9 Å². The van der Waals surface area contributed by atoms with E-state index in [9.17, 15) is 24.3 Å². The zero-order valence-electron chi connectivity index (χ0n) is 13.7. The number of carboxylic acid groups (broad SMARTS) is 1. The van der Waals surface area contributed by atoms with E-state index in [0.717, 1.165) is 10.5 Å². The highest BCUT2D eigenvalue weighted by Gasteiger charge is 2.29. The molecule has 0 fully saturated rings. The Labute approximate surface area is 140 Å². The number of nitrogens with one attached hydrogen (secondary N) is 1. The van der Waals surface area contributed by atoms with Crippen LogP contribution >= 0.6 is 0 Å². The van der Waals surface area contributed by atoms with E-state index in [4.69, 9.17) is 0 Å².